The molecule has 2 heteroatoms. The lowest BCUT2D eigenvalue weighted by Gasteiger charge is -2.32. The summed E-state index contributed by atoms with van der Waals surface area (Å²) in [5.41, 5.74) is 1.50. The fourth-order valence-corrected chi connectivity index (χ4v) is 2.79. The molecule has 2 aliphatic carbocycles. The van der Waals surface area contributed by atoms with Gasteiger partial charge in [-0.15, -0.1) is 0 Å². The summed E-state index contributed by atoms with van der Waals surface area (Å²) in [6, 6.07) is 1.02. The summed E-state index contributed by atoms with van der Waals surface area (Å²) in [6.45, 7) is 4.79. The molecule has 1 fully saturated rings. The van der Waals surface area contributed by atoms with Crippen molar-refractivity contribution < 1.29 is 5.11 Å². The quantitative estimate of drug-likeness (QED) is 0.695. The van der Waals surface area contributed by atoms with Gasteiger partial charge in [-0.3, -0.25) is 0 Å². The molecule has 0 aromatic rings. The third-order valence-corrected chi connectivity index (χ3v) is 3.62. The molecule has 0 saturated heterocycles. The molecule has 86 valence electrons. The fraction of sp³-hybridized carbons (Fsp3) is 0.846. The number of hydrogen-bond donors (Lipinski definition) is 2. The minimum Gasteiger partial charge on any atom is -0.395 e. The molecule has 0 heterocycles. The number of hydrogen-bond acceptors (Lipinski definition) is 2. The molecule has 0 aliphatic heterocycles. The molecule has 2 aliphatic rings. The van der Waals surface area contributed by atoms with Crippen LogP contribution in [0.3, 0.4) is 0 Å². The van der Waals surface area contributed by atoms with E-state index in [9.17, 15) is 5.11 Å². The standard InChI is InChI=1S/C13H23NO/c1-9-5-10(2)7-11(6-9)13(8-15)14-12-3-4-12/h5,9,11-15H,3-4,6-8H2,1-2H3. The number of rotatable bonds is 4. The molecular weight excluding hydrogens is 186 g/mol. The summed E-state index contributed by atoms with van der Waals surface area (Å²) in [7, 11) is 0. The molecule has 2 nitrogen and oxygen atoms in total. The van der Waals surface area contributed by atoms with Crippen molar-refractivity contribution in [2.24, 2.45) is 11.8 Å². The molecule has 1 saturated carbocycles. The van der Waals surface area contributed by atoms with Crippen molar-refractivity contribution >= 4 is 0 Å². The van der Waals surface area contributed by atoms with Gasteiger partial charge >= 0.3 is 0 Å². The van der Waals surface area contributed by atoms with E-state index < -0.39 is 0 Å². The highest BCUT2D eigenvalue weighted by Crippen LogP contribution is 2.31. The van der Waals surface area contributed by atoms with E-state index in [1.54, 1.807) is 0 Å². The first kappa shape index (κ1) is 11.2. The van der Waals surface area contributed by atoms with E-state index >= 15 is 0 Å². The average Bonchev–Trinajstić information content (AvgIpc) is 2.96. The molecule has 2 rings (SSSR count). The maximum absolute atomic E-state index is 9.45. The summed E-state index contributed by atoms with van der Waals surface area (Å²) in [6.07, 6.45) is 7.36. The van der Waals surface area contributed by atoms with Crippen LogP contribution >= 0.6 is 0 Å². The van der Waals surface area contributed by atoms with Crippen LogP contribution in [0.1, 0.15) is 39.5 Å². The zero-order valence-corrected chi connectivity index (χ0v) is 9.87. The van der Waals surface area contributed by atoms with Crippen LogP contribution in [0.25, 0.3) is 0 Å². The van der Waals surface area contributed by atoms with Gasteiger partial charge in [0.2, 0.25) is 0 Å². The van der Waals surface area contributed by atoms with Crippen molar-refractivity contribution in [2.75, 3.05) is 6.61 Å². The largest absolute Gasteiger partial charge is 0.395 e. The lowest BCUT2D eigenvalue weighted by atomic mass is 9.79. The number of aliphatic hydroxyl groups is 1. The Morgan fingerprint density at radius 3 is 2.80 bits per heavy atom. The van der Waals surface area contributed by atoms with Crippen molar-refractivity contribution in [3.8, 4) is 0 Å². The zero-order chi connectivity index (χ0) is 10.8. The Bertz CT molecular complexity index is 245. The van der Waals surface area contributed by atoms with Crippen LogP contribution in [0, 0.1) is 11.8 Å². The predicted molar refractivity (Wildman–Crippen MR) is 62.7 cm³/mol. The van der Waals surface area contributed by atoms with Crippen molar-refractivity contribution in [1.29, 1.82) is 0 Å². The van der Waals surface area contributed by atoms with Crippen LogP contribution in [0.15, 0.2) is 11.6 Å². The molecule has 0 amide bonds. The fourth-order valence-electron chi connectivity index (χ4n) is 2.79. The first-order chi connectivity index (χ1) is 7.19. The second-order valence-corrected chi connectivity index (χ2v) is 5.42. The van der Waals surface area contributed by atoms with Gasteiger partial charge in [-0.1, -0.05) is 18.6 Å². The average molecular weight is 209 g/mol. The Kier molecular flexibility index (Phi) is 3.47. The number of nitrogens with one attached hydrogen (secondary N) is 1. The molecule has 15 heavy (non-hydrogen) atoms. The summed E-state index contributed by atoms with van der Waals surface area (Å²) in [5, 5.41) is 13.0. The van der Waals surface area contributed by atoms with Crippen molar-refractivity contribution in [3.05, 3.63) is 11.6 Å². The Morgan fingerprint density at radius 1 is 1.53 bits per heavy atom. The van der Waals surface area contributed by atoms with Crippen molar-refractivity contribution in [2.45, 2.75) is 51.6 Å². The Labute approximate surface area is 92.8 Å². The van der Waals surface area contributed by atoms with Crippen LogP contribution in [-0.4, -0.2) is 23.8 Å². The molecule has 0 spiro atoms. The first-order valence-corrected chi connectivity index (χ1v) is 6.23. The summed E-state index contributed by atoms with van der Waals surface area (Å²) in [5.74, 6) is 1.31. The lowest BCUT2D eigenvalue weighted by Crippen LogP contribution is -2.42. The Hall–Kier alpha value is -0.340. The molecule has 2 N–H and O–H groups in total. The van der Waals surface area contributed by atoms with Crippen LogP contribution < -0.4 is 5.32 Å². The molecular formula is C13H23NO. The molecule has 0 bridgehead atoms. The van der Waals surface area contributed by atoms with E-state index in [0.29, 0.717) is 30.5 Å². The van der Waals surface area contributed by atoms with Crippen molar-refractivity contribution in [1.82, 2.24) is 5.32 Å². The molecule has 3 unspecified atom stereocenters. The van der Waals surface area contributed by atoms with E-state index in [4.69, 9.17) is 0 Å². The zero-order valence-electron chi connectivity index (χ0n) is 9.87. The SMILES string of the molecule is CC1=CC(C)CC(C(CO)NC2CC2)C1. The Morgan fingerprint density at radius 2 is 2.27 bits per heavy atom. The highest BCUT2D eigenvalue weighted by Gasteiger charge is 2.30. The van der Waals surface area contributed by atoms with Crippen LogP contribution in [0.5, 0.6) is 0 Å². The van der Waals surface area contributed by atoms with Gasteiger partial charge in [-0.05, 0) is 44.4 Å². The van der Waals surface area contributed by atoms with Gasteiger partial charge in [0.15, 0.2) is 0 Å². The third kappa shape index (κ3) is 3.05. The van der Waals surface area contributed by atoms with Gasteiger partial charge in [0.1, 0.15) is 0 Å². The second-order valence-electron chi connectivity index (χ2n) is 5.42. The summed E-state index contributed by atoms with van der Waals surface area (Å²) >= 11 is 0. The maximum Gasteiger partial charge on any atom is 0.0587 e. The minimum absolute atomic E-state index is 0.293. The second kappa shape index (κ2) is 4.67. The van der Waals surface area contributed by atoms with E-state index in [0.717, 1.165) is 6.42 Å². The van der Waals surface area contributed by atoms with Crippen LogP contribution in [-0.2, 0) is 0 Å². The van der Waals surface area contributed by atoms with E-state index in [2.05, 4.69) is 25.2 Å². The smallest absolute Gasteiger partial charge is 0.0587 e. The highest BCUT2D eigenvalue weighted by atomic mass is 16.3. The molecule has 0 radical (unpaired) electrons. The minimum atomic E-state index is 0.293. The lowest BCUT2D eigenvalue weighted by molar-refractivity contribution is 0.180. The summed E-state index contributed by atoms with van der Waals surface area (Å²) < 4.78 is 0. The molecule has 0 aromatic carbocycles. The van der Waals surface area contributed by atoms with Crippen LogP contribution in [0.2, 0.25) is 0 Å². The van der Waals surface area contributed by atoms with E-state index in [1.165, 1.54) is 24.8 Å². The molecule has 3 atom stereocenters. The summed E-state index contributed by atoms with van der Waals surface area (Å²) in [4.78, 5) is 0. The maximum atomic E-state index is 9.45. The van der Waals surface area contributed by atoms with Gasteiger partial charge in [0.05, 0.1) is 6.61 Å². The number of allylic oxidation sites excluding steroid dienone is 2. The van der Waals surface area contributed by atoms with E-state index in [1.807, 2.05) is 0 Å². The van der Waals surface area contributed by atoms with Gasteiger partial charge in [0, 0.05) is 12.1 Å². The van der Waals surface area contributed by atoms with E-state index in [-0.39, 0.29) is 0 Å². The normalized spacial score (nSPS) is 33.7. The predicted octanol–water partition coefficient (Wildman–Crippen LogP) is 2.09. The topological polar surface area (TPSA) is 32.3 Å². The van der Waals surface area contributed by atoms with Gasteiger partial charge in [0.25, 0.3) is 0 Å². The number of aliphatic hydroxyl groups excluding tert-OH is 1. The Balaban J connectivity index is 1.92. The monoisotopic (exact) mass is 209 g/mol. The van der Waals surface area contributed by atoms with Gasteiger partial charge in [-0.25, -0.2) is 0 Å². The van der Waals surface area contributed by atoms with Gasteiger partial charge in [-0.2, -0.15) is 0 Å². The third-order valence-electron chi connectivity index (χ3n) is 3.62. The van der Waals surface area contributed by atoms with Crippen molar-refractivity contribution in [3.63, 3.8) is 0 Å². The van der Waals surface area contributed by atoms with Crippen LogP contribution in [0.4, 0.5) is 0 Å². The molecule has 0 aromatic heterocycles. The van der Waals surface area contributed by atoms with Gasteiger partial charge < -0.3 is 10.4 Å². The first-order valence-electron chi connectivity index (χ1n) is 6.23. The highest BCUT2D eigenvalue weighted by molar-refractivity contribution is 5.08.